The number of nitrogens with one attached hydrogen (secondary N) is 1. The van der Waals surface area contributed by atoms with E-state index in [-0.39, 0.29) is 17.5 Å². The van der Waals surface area contributed by atoms with Crippen LogP contribution in [0.5, 0.6) is 0 Å². The molecule has 1 aliphatic heterocycles. The van der Waals surface area contributed by atoms with Gasteiger partial charge in [-0.1, -0.05) is 26.7 Å². The molecule has 1 saturated carbocycles. The third-order valence-corrected chi connectivity index (χ3v) is 4.94. The Morgan fingerprint density at radius 2 is 2.22 bits per heavy atom. The Balaban J connectivity index is 1.90. The fraction of sp³-hybridized carbons (Fsp3) is 0.933. The van der Waals surface area contributed by atoms with E-state index in [1.807, 2.05) is 0 Å². The molecule has 2 aliphatic rings. The van der Waals surface area contributed by atoms with Crippen LogP contribution in [0, 0.1) is 11.3 Å². The summed E-state index contributed by atoms with van der Waals surface area (Å²) >= 11 is 0. The van der Waals surface area contributed by atoms with Gasteiger partial charge in [0.25, 0.3) is 0 Å². The zero-order chi connectivity index (χ0) is 13.0. The Morgan fingerprint density at radius 3 is 2.83 bits per heavy atom. The molecule has 3 heteroatoms. The third-order valence-electron chi connectivity index (χ3n) is 4.94. The van der Waals surface area contributed by atoms with Crippen LogP contribution < -0.4 is 5.32 Å². The molecule has 0 amide bonds. The second kappa shape index (κ2) is 6.05. The van der Waals surface area contributed by atoms with Crippen molar-refractivity contribution in [3.8, 4) is 0 Å². The number of rotatable bonds is 4. The lowest BCUT2D eigenvalue weighted by Gasteiger charge is -2.32. The molecule has 18 heavy (non-hydrogen) atoms. The molecule has 3 unspecified atom stereocenters. The summed E-state index contributed by atoms with van der Waals surface area (Å²) in [6.07, 6.45) is 7.90. The summed E-state index contributed by atoms with van der Waals surface area (Å²) in [6.45, 7) is 6.09. The van der Waals surface area contributed by atoms with Crippen LogP contribution in [0.2, 0.25) is 0 Å². The summed E-state index contributed by atoms with van der Waals surface area (Å²) in [6, 6.07) is 0. The highest BCUT2D eigenvalue weighted by Crippen LogP contribution is 2.34. The lowest BCUT2D eigenvalue weighted by atomic mass is 9.83. The van der Waals surface area contributed by atoms with Crippen molar-refractivity contribution in [2.24, 2.45) is 11.3 Å². The Labute approximate surface area is 111 Å². The average Bonchev–Trinajstić information content (AvgIpc) is 2.89. The van der Waals surface area contributed by atoms with E-state index in [1.54, 1.807) is 0 Å². The second-order valence-corrected chi connectivity index (χ2v) is 6.03. The first kappa shape index (κ1) is 13.9. The van der Waals surface area contributed by atoms with Gasteiger partial charge in [-0.05, 0) is 44.6 Å². The highest BCUT2D eigenvalue weighted by molar-refractivity contribution is 5.77. The van der Waals surface area contributed by atoms with Gasteiger partial charge in [0.2, 0.25) is 0 Å². The summed E-state index contributed by atoms with van der Waals surface area (Å²) < 4.78 is 5.82. The van der Waals surface area contributed by atoms with Gasteiger partial charge in [0.1, 0.15) is 6.10 Å². The van der Waals surface area contributed by atoms with Crippen LogP contribution in [0.1, 0.15) is 58.8 Å². The Kier molecular flexibility index (Phi) is 4.66. The monoisotopic (exact) mass is 253 g/mol. The first-order valence-corrected chi connectivity index (χ1v) is 7.62. The minimum atomic E-state index is -0.237. The Morgan fingerprint density at radius 1 is 1.39 bits per heavy atom. The molecule has 2 rings (SSSR count). The molecular weight excluding hydrogens is 226 g/mol. The fourth-order valence-corrected chi connectivity index (χ4v) is 3.36. The molecule has 1 heterocycles. The topological polar surface area (TPSA) is 38.3 Å². The molecule has 0 aromatic carbocycles. The van der Waals surface area contributed by atoms with Gasteiger partial charge >= 0.3 is 5.97 Å². The lowest BCUT2D eigenvalue weighted by molar-refractivity contribution is -0.163. The molecule has 2 fully saturated rings. The van der Waals surface area contributed by atoms with E-state index in [1.165, 1.54) is 19.3 Å². The zero-order valence-corrected chi connectivity index (χ0v) is 11.8. The molecule has 3 atom stereocenters. The number of esters is 1. The van der Waals surface area contributed by atoms with E-state index >= 15 is 0 Å². The van der Waals surface area contributed by atoms with Crippen LogP contribution in [-0.2, 0) is 9.53 Å². The Hall–Kier alpha value is -0.570. The van der Waals surface area contributed by atoms with Gasteiger partial charge in [-0.2, -0.15) is 0 Å². The van der Waals surface area contributed by atoms with Crippen molar-refractivity contribution < 1.29 is 9.53 Å². The highest BCUT2D eigenvalue weighted by atomic mass is 16.5. The van der Waals surface area contributed by atoms with Gasteiger partial charge < -0.3 is 10.1 Å². The maximum Gasteiger partial charge on any atom is 0.313 e. The van der Waals surface area contributed by atoms with E-state index in [4.69, 9.17) is 4.74 Å². The number of carbonyl (C=O) groups excluding carboxylic acids is 1. The van der Waals surface area contributed by atoms with Crippen molar-refractivity contribution in [1.82, 2.24) is 5.32 Å². The van der Waals surface area contributed by atoms with Crippen molar-refractivity contribution in [2.75, 3.05) is 13.1 Å². The molecular formula is C15H27NO2. The molecule has 0 aromatic rings. The van der Waals surface area contributed by atoms with Crippen molar-refractivity contribution >= 4 is 5.97 Å². The van der Waals surface area contributed by atoms with Crippen LogP contribution in [-0.4, -0.2) is 25.2 Å². The predicted octanol–water partition coefficient (Wildman–Crippen LogP) is 2.89. The van der Waals surface area contributed by atoms with Crippen LogP contribution in [0.4, 0.5) is 0 Å². The van der Waals surface area contributed by atoms with Crippen LogP contribution in [0.3, 0.4) is 0 Å². The molecule has 1 N–H and O–H groups in total. The predicted molar refractivity (Wildman–Crippen MR) is 72.3 cm³/mol. The molecule has 0 bridgehead atoms. The minimum Gasteiger partial charge on any atom is -0.462 e. The zero-order valence-electron chi connectivity index (χ0n) is 11.8. The Bertz CT molecular complexity index is 284. The van der Waals surface area contributed by atoms with Gasteiger partial charge in [0.05, 0.1) is 5.41 Å². The third kappa shape index (κ3) is 2.87. The molecule has 104 valence electrons. The quantitative estimate of drug-likeness (QED) is 0.783. The van der Waals surface area contributed by atoms with Gasteiger partial charge in [0, 0.05) is 6.54 Å². The molecule has 0 radical (unpaired) electrons. The standard InChI is InChI=1S/C15H27NO2/c1-3-12-6-5-7-13(10-12)18-14(17)15(4-2)8-9-16-11-15/h12-13,16H,3-11H2,1-2H3. The number of ether oxygens (including phenoxy) is 1. The number of carbonyl (C=O) groups is 1. The van der Waals surface area contributed by atoms with Crippen molar-refractivity contribution in [3.05, 3.63) is 0 Å². The van der Waals surface area contributed by atoms with Crippen molar-refractivity contribution in [1.29, 1.82) is 0 Å². The first-order chi connectivity index (χ1) is 8.70. The van der Waals surface area contributed by atoms with Crippen LogP contribution >= 0.6 is 0 Å². The summed E-state index contributed by atoms with van der Waals surface area (Å²) in [5.41, 5.74) is -0.237. The maximum atomic E-state index is 12.4. The van der Waals surface area contributed by atoms with E-state index in [9.17, 15) is 4.79 Å². The molecule has 1 saturated heterocycles. The second-order valence-electron chi connectivity index (χ2n) is 6.03. The molecule has 1 aliphatic carbocycles. The summed E-state index contributed by atoms with van der Waals surface area (Å²) in [7, 11) is 0. The average molecular weight is 253 g/mol. The first-order valence-electron chi connectivity index (χ1n) is 7.62. The summed E-state index contributed by atoms with van der Waals surface area (Å²) in [4.78, 5) is 12.4. The summed E-state index contributed by atoms with van der Waals surface area (Å²) in [5.74, 6) is 0.813. The highest BCUT2D eigenvalue weighted by Gasteiger charge is 2.42. The van der Waals surface area contributed by atoms with Crippen LogP contribution in [0.15, 0.2) is 0 Å². The van der Waals surface area contributed by atoms with E-state index in [0.29, 0.717) is 0 Å². The maximum absolute atomic E-state index is 12.4. The minimum absolute atomic E-state index is 0.0525. The van der Waals surface area contributed by atoms with Gasteiger partial charge in [-0.15, -0.1) is 0 Å². The lowest BCUT2D eigenvalue weighted by Crippen LogP contribution is -2.38. The van der Waals surface area contributed by atoms with Crippen molar-refractivity contribution in [3.63, 3.8) is 0 Å². The summed E-state index contributed by atoms with van der Waals surface area (Å²) in [5, 5.41) is 3.30. The smallest absolute Gasteiger partial charge is 0.313 e. The normalized spacial score (nSPS) is 36.6. The van der Waals surface area contributed by atoms with Gasteiger partial charge in [-0.3, -0.25) is 4.79 Å². The fourth-order valence-electron chi connectivity index (χ4n) is 3.36. The van der Waals surface area contributed by atoms with Gasteiger partial charge in [0.15, 0.2) is 0 Å². The number of hydrogen-bond donors (Lipinski definition) is 1. The largest absolute Gasteiger partial charge is 0.462 e. The number of hydrogen-bond acceptors (Lipinski definition) is 3. The van der Waals surface area contributed by atoms with E-state index < -0.39 is 0 Å². The van der Waals surface area contributed by atoms with E-state index in [0.717, 1.165) is 44.7 Å². The molecule has 0 aromatic heterocycles. The van der Waals surface area contributed by atoms with Gasteiger partial charge in [-0.25, -0.2) is 0 Å². The van der Waals surface area contributed by atoms with E-state index in [2.05, 4.69) is 19.2 Å². The van der Waals surface area contributed by atoms with Crippen molar-refractivity contribution in [2.45, 2.75) is 64.9 Å². The van der Waals surface area contributed by atoms with Crippen LogP contribution in [0.25, 0.3) is 0 Å². The SMILES string of the molecule is CCC1CCCC(OC(=O)C2(CC)CCNC2)C1. The molecule has 3 nitrogen and oxygen atoms in total. The molecule has 0 spiro atoms.